The third-order valence-electron chi connectivity index (χ3n) is 1.91. The Morgan fingerprint density at radius 1 is 1.27 bits per heavy atom. The molecule has 0 saturated carbocycles. The molecule has 0 spiro atoms. The number of hydrogen-bond donors (Lipinski definition) is 2. The van der Waals surface area contributed by atoms with Gasteiger partial charge in [0, 0.05) is 12.1 Å². The van der Waals surface area contributed by atoms with Crippen LogP contribution in [-0.4, -0.2) is 36.6 Å². The van der Waals surface area contributed by atoms with E-state index in [9.17, 15) is 13.2 Å². The summed E-state index contributed by atoms with van der Waals surface area (Å²) in [4.78, 5) is 0. The molecule has 0 aliphatic rings. The molecule has 0 heterocycles. The van der Waals surface area contributed by atoms with Crippen molar-refractivity contribution in [3.8, 4) is 0 Å². The molecular formula is C9H18F3NO2. The average molecular weight is 229 g/mol. The van der Waals surface area contributed by atoms with Crippen LogP contribution in [0.1, 0.15) is 26.2 Å². The predicted molar refractivity (Wildman–Crippen MR) is 50.4 cm³/mol. The molecule has 0 fully saturated rings. The highest BCUT2D eigenvalue weighted by Crippen LogP contribution is 2.15. The molecule has 0 bridgehead atoms. The Labute approximate surface area is 87.4 Å². The summed E-state index contributed by atoms with van der Waals surface area (Å²) in [5.41, 5.74) is 4.98. The summed E-state index contributed by atoms with van der Waals surface area (Å²) >= 11 is 0. The Morgan fingerprint density at radius 2 is 1.87 bits per heavy atom. The van der Waals surface area contributed by atoms with E-state index in [-0.39, 0.29) is 13.2 Å². The second-order valence-electron chi connectivity index (χ2n) is 3.94. The lowest BCUT2D eigenvalue weighted by atomic mass is 9.97. The number of halogens is 3. The van der Waals surface area contributed by atoms with Gasteiger partial charge in [-0.25, -0.2) is 0 Å². The number of alkyl halides is 3. The van der Waals surface area contributed by atoms with Gasteiger partial charge in [-0.1, -0.05) is 0 Å². The van der Waals surface area contributed by atoms with Gasteiger partial charge in [0.1, 0.15) is 6.61 Å². The molecule has 0 aliphatic carbocycles. The van der Waals surface area contributed by atoms with Crippen LogP contribution in [0.4, 0.5) is 13.2 Å². The highest BCUT2D eigenvalue weighted by molar-refractivity contribution is 4.76. The molecule has 3 nitrogen and oxygen atoms in total. The zero-order valence-electron chi connectivity index (χ0n) is 8.81. The first-order valence-corrected chi connectivity index (χ1v) is 4.81. The maximum absolute atomic E-state index is 11.6. The first kappa shape index (κ1) is 14.7. The van der Waals surface area contributed by atoms with Crippen molar-refractivity contribution in [3.05, 3.63) is 0 Å². The van der Waals surface area contributed by atoms with Crippen molar-refractivity contribution in [1.29, 1.82) is 0 Å². The third-order valence-corrected chi connectivity index (χ3v) is 1.91. The Balaban J connectivity index is 3.33. The molecule has 0 aromatic rings. The van der Waals surface area contributed by atoms with Crippen molar-refractivity contribution in [2.45, 2.75) is 37.9 Å². The second-order valence-corrected chi connectivity index (χ2v) is 3.94. The standard InChI is InChI=1S/C9H18F3NO2/c1-8(13,6-14)4-2-3-5-15-7-9(10,11)12/h14H,2-7,13H2,1H3. The highest BCUT2D eigenvalue weighted by Gasteiger charge is 2.27. The Bertz CT molecular complexity index is 171. The zero-order valence-corrected chi connectivity index (χ0v) is 8.81. The molecule has 6 heteroatoms. The SMILES string of the molecule is CC(N)(CO)CCCCOCC(F)(F)F. The monoisotopic (exact) mass is 229 g/mol. The molecule has 0 aromatic carbocycles. The normalized spacial score (nSPS) is 16.4. The summed E-state index contributed by atoms with van der Waals surface area (Å²) in [5, 5.41) is 8.80. The van der Waals surface area contributed by atoms with Gasteiger partial charge in [0.05, 0.1) is 6.61 Å². The van der Waals surface area contributed by atoms with Crippen LogP contribution in [0.25, 0.3) is 0 Å². The van der Waals surface area contributed by atoms with Gasteiger partial charge < -0.3 is 15.6 Å². The zero-order chi connectivity index (χ0) is 11.9. The topological polar surface area (TPSA) is 55.5 Å². The molecule has 0 radical (unpaired) electrons. The molecule has 3 N–H and O–H groups in total. The lowest BCUT2D eigenvalue weighted by Gasteiger charge is -2.21. The van der Waals surface area contributed by atoms with Crippen molar-refractivity contribution in [3.63, 3.8) is 0 Å². The molecular weight excluding hydrogens is 211 g/mol. The van der Waals surface area contributed by atoms with Gasteiger partial charge in [-0.3, -0.25) is 0 Å². The summed E-state index contributed by atoms with van der Waals surface area (Å²) in [6.45, 7) is 0.438. The van der Waals surface area contributed by atoms with E-state index < -0.39 is 18.3 Å². The van der Waals surface area contributed by atoms with Crippen LogP contribution in [0.3, 0.4) is 0 Å². The first-order valence-electron chi connectivity index (χ1n) is 4.81. The van der Waals surface area contributed by atoms with Gasteiger partial charge in [-0.05, 0) is 26.2 Å². The lowest BCUT2D eigenvalue weighted by Crippen LogP contribution is -2.39. The van der Waals surface area contributed by atoms with Gasteiger partial charge >= 0.3 is 6.18 Å². The quantitative estimate of drug-likeness (QED) is 0.649. The largest absolute Gasteiger partial charge is 0.411 e. The highest BCUT2D eigenvalue weighted by atomic mass is 19.4. The van der Waals surface area contributed by atoms with Crippen LogP contribution in [-0.2, 0) is 4.74 Å². The lowest BCUT2D eigenvalue weighted by molar-refractivity contribution is -0.174. The van der Waals surface area contributed by atoms with E-state index in [2.05, 4.69) is 4.74 Å². The van der Waals surface area contributed by atoms with Crippen molar-refractivity contribution >= 4 is 0 Å². The molecule has 1 unspecified atom stereocenters. The third kappa shape index (κ3) is 9.96. The van der Waals surface area contributed by atoms with E-state index in [1.165, 1.54) is 0 Å². The van der Waals surface area contributed by atoms with Gasteiger partial charge in [0.25, 0.3) is 0 Å². The maximum atomic E-state index is 11.6. The van der Waals surface area contributed by atoms with Crippen LogP contribution >= 0.6 is 0 Å². The van der Waals surface area contributed by atoms with Crippen LogP contribution in [0.5, 0.6) is 0 Å². The van der Waals surface area contributed by atoms with E-state index in [1.54, 1.807) is 6.92 Å². The number of ether oxygens (including phenoxy) is 1. The van der Waals surface area contributed by atoms with E-state index in [0.717, 1.165) is 0 Å². The number of rotatable bonds is 7. The van der Waals surface area contributed by atoms with Crippen LogP contribution in [0, 0.1) is 0 Å². The summed E-state index contributed by atoms with van der Waals surface area (Å²) in [7, 11) is 0. The van der Waals surface area contributed by atoms with Gasteiger partial charge in [0.2, 0.25) is 0 Å². The Hall–Kier alpha value is -0.330. The number of aliphatic hydroxyl groups excluding tert-OH is 1. The summed E-state index contributed by atoms with van der Waals surface area (Å²) in [6, 6.07) is 0. The fraction of sp³-hybridized carbons (Fsp3) is 1.00. The molecule has 0 rings (SSSR count). The average Bonchev–Trinajstić information content (AvgIpc) is 2.09. The van der Waals surface area contributed by atoms with E-state index >= 15 is 0 Å². The van der Waals surface area contributed by atoms with E-state index in [4.69, 9.17) is 10.8 Å². The summed E-state index contributed by atoms with van der Waals surface area (Å²) in [5.74, 6) is 0. The van der Waals surface area contributed by atoms with Crippen molar-refractivity contribution in [2.75, 3.05) is 19.8 Å². The maximum Gasteiger partial charge on any atom is 0.411 e. The van der Waals surface area contributed by atoms with Crippen molar-refractivity contribution in [1.82, 2.24) is 0 Å². The van der Waals surface area contributed by atoms with Gasteiger partial charge in [-0.2, -0.15) is 13.2 Å². The van der Waals surface area contributed by atoms with E-state index in [0.29, 0.717) is 19.3 Å². The summed E-state index contributed by atoms with van der Waals surface area (Å²) in [6.07, 6.45) is -2.53. The molecule has 1 atom stereocenters. The van der Waals surface area contributed by atoms with Crippen molar-refractivity contribution in [2.24, 2.45) is 5.73 Å². The molecule has 0 aliphatic heterocycles. The fourth-order valence-electron chi connectivity index (χ4n) is 1.000. The molecule has 0 aromatic heterocycles. The minimum absolute atomic E-state index is 0.0705. The van der Waals surface area contributed by atoms with Gasteiger partial charge in [-0.15, -0.1) is 0 Å². The molecule has 15 heavy (non-hydrogen) atoms. The van der Waals surface area contributed by atoms with Gasteiger partial charge in [0.15, 0.2) is 0 Å². The Kier molecular flexibility index (Phi) is 6.16. The minimum Gasteiger partial charge on any atom is -0.394 e. The van der Waals surface area contributed by atoms with Crippen LogP contribution in [0.2, 0.25) is 0 Å². The van der Waals surface area contributed by atoms with Crippen molar-refractivity contribution < 1.29 is 23.0 Å². The molecule has 0 saturated heterocycles. The molecule has 0 amide bonds. The van der Waals surface area contributed by atoms with E-state index in [1.807, 2.05) is 0 Å². The summed E-state index contributed by atoms with van der Waals surface area (Å²) < 4.78 is 39.3. The Morgan fingerprint density at radius 3 is 2.33 bits per heavy atom. The van der Waals surface area contributed by atoms with Crippen LogP contribution < -0.4 is 5.73 Å². The number of nitrogens with two attached hydrogens (primary N) is 1. The first-order chi connectivity index (χ1) is 6.77. The predicted octanol–water partition coefficient (Wildman–Crippen LogP) is 1.45. The molecule has 92 valence electrons. The number of aliphatic hydroxyl groups is 1. The number of hydrogen-bond acceptors (Lipinski definition) is 3. The number of unbranched alkanes of at least 4 members (excludes halogenated alkanes) is 1. The van der Waals surface area contributed by atoms with Crippen LogP contribution in [0.15, 0.2) is 0 Å². The minimum atomic E-state index is -4.26. The fourth-order valence-corrected chi connectivity index (χ4v) is 1.000. The second kappa shape index (κ2) is 6.30. The smallest absolute Gasteiger partial charge is 0.394 e.